The van der Waals surface area contributed by atoms with Crippen LogP contribution in [0.15, 0.2) is 70.4 Å². The SMILES string of the molecule is [C-]#[N+]c1ccc(-n2nccc2-c2c(CN(C)C)n(-c3cccc(C(F)(F)F)c3)c(=O)n(C)c2=O)cc1. The maximum Gasteiger partial charge on any atom is 0.416 e. The lowest BCUT2D eigenvalue weighted by atomic mass is 10.1. The predicted molar refractivity (Wildman–Crippen MR) is 128 cm³/mol. The summed E-state index contributed by atoms with van der Waals surface area (Å²) >= 11 is 0. The number of alkyl halides is 3. The molecule has 184 valence electrons. The van der Waals surface area contributed by atoms with Gasteiger partial charge in [-0.15, -0.1) is 0 Å². The molecule has 0 amide bonds. The molecule has 2 aromatic heterocycles. The van der Waals surface area contributed by atoms with Gasteiger partial charge >= 0.3 is 11.9 Å². The van der Waals surface area contributed by atoms with Crippen molar-refractivity contribution in [3.63, 3.8) is 0 Å². The van der Waals surface area contributed by atoms with Gasteiger partial charge in [0.15, 0.2) is 5.69 Å². The zero-order valence-corrected chi connectivity index (χ0v) is 19.6. The van der Waals surface area contributed by atoms with Gasteiger partial charge in [0.1, 0.15) is 0 Å². The normalized spacial score (nSPS) is 11.6. The minimum Gasteiger partial charge on any atom is -0.304 e. The topological polar surface area (TPSA) is 69.4 Å². The van der Waals surface area contributed by atoms with Crippen LogP contribution < -0.4 is 11.2 Å². The Morgan fingerprint density at radius 3 is 2.33 bits per heavy atom. The van der Waals surface area contributed by atoms with Crippen molar-refractivity contribution in [3.05, 3.63) is 104 Å². The monoisotopic (exact) mass is 494 g/mol. The van der Waals surface area contributed by atoms with Gasteiger partial charge in [-0.25, -0.2) is 14.3 Å². The fourth-order valence-corrected chi connectivity index (χ4v) is 3.92. The summed E-state index contributed by atoms with van der Waals surface area (Å²) in [6, 6.07) is 12.6. The fraction of sp³-hybridized carbons (Fsp3) is 0.200. The summed E-state index contributed by atoms with van der Waals surface area (Å²) in [5, 5.41) is 4.32. The van der Waals surface area contributed by atoms with Crippen LogP contribution in [0.5, 0.6) is 0 Å². The Bertz CT molecular complexity index is 1590. The van der Waals surface area contributed by atoms with Crippen LogP contribution in [-0.4, -0.2) is 37.9 Å². The molecule has 0 saturated carbocycles. The predicted octanol–water partition coefficient (Wildman–Crippen LogP) is 4.02. The van der Waals surface area contributed by atoms with E-state index < -0.39 is 23.0 Å². The number of rotatable bonds is 5. The number of hydrogen-bond acceptors (Lipinski definition) is 4. The molecule has 0 fully saturated rings. The maximum atomic E-state index is 13.5. The van der Waals surface area contributed by atoms with E-state index in [1.165, 1.54) is 30.1 Å². The summed E-state index contributed by atoms with van der Waals surface area (Å²) in [5.41, 5.74) is -0.636. The molecule has 0 spiro atoms. The zero-order chi connectivity index (χ0) is 26.2. The molecular weight excluding hydrogens is 473 g/mol. The second kappa shape index (κ2) is 9.31. The molecule has 0 aliphatic rings. The van der Waals surface area contributed by atoms with Crippen molar-refractivity contribution in [2.45, 2.75) is 12.7 Å². The van der Waals surface area contributed by atoms with Crippen LogP contribution in [0.1, 0.15) is 11.3 Å². The van der Waals surface area contributed by atoms with Gasteiger partial charge in [-0.1, -0.05) is 18.2 Å². The Kier molecular flexibility index (Phi) is 6.39. The van der Waals surface area contributed by atoms with Gasteiger partial charge in [0.2, 0.25) is 0 Å². The largest absolute Gasteiger partial charge is 0.416 e. The van der Waals surface area contributed by atoms with Crippen LogP contribution in [0.4, 0.5) is 18.9 Å². The van der Waals surface area contributed by atoms with Crippen molar-refractivity contribution < 1.29 is 13.2 Å². The summed E-state index contributed by atoms with van der Waals surface area (Å²) in [4.78, 5) is 31.8. The molecule has 4 rings (SSSR count). The number of benzene rings is 2. The molecule has 4 aromatic rings. The van der Waals surface area contributed by atoms with Gasteiger partial charge in [0, 0.05) is 13.6 Å². The Labute approximate surface area is 203 Å². The molecule has 2 aromatic carbocycles. The third kappa shape index (κ3) is 4.46. The first-order valence-corrected chi connectivity index (χ1v) is 10.7. The van der Waals surface area contributed by atoms with Crippen molar-refractivity contribution >= 4 is 5.69 Å². The van der Waals surface area contributed by atoms with Crippen molar-refractivity contribution in [3.8, 4) is 22.6 Å². The highest BCUT2D eigenvalue weighted by atomic mass is 19.4. The van der Waals surface area contributed by atoms with Crippen LogP contribution in [0.2, 0.25) is 0 Å². The van der Waals surface area contributed by atoms with Gasteiger partial charge in [-0.3, -0.25) is 13.9 Å². The quantitative estimate of drug-likeness (QED) is 0.393. The molecule has 0 aliphatic heterocycles. The van der Waals surface area contributed by atoms with Crippen molar-refractivity contribution in [1.29, 1.82) is 0 Å². The molecule has 0 unspecified atom stereocenters. The summed E-state index contributed by atoms with van der Waals surface area (Å²) in [6.07, 6.45) is -3.13. The first kappa shape index (κ1) is 24.7. The molecule has 0 radical (unpaired) electrons. The third-order valence-corrected chi connectivity index (χ3v) is 5.58. The van der Waals surface area contributed by atoms with E-state index in [0.717, 1.165) is 21.3 Å². The first-order valence-electron chi connectivity index (χ1n) is 10.7. The van der Waals surface area contributed by atoms with Gasteiger partial charge < -0.3 is 4.90 Å². The second-order valence-electron chi connectivity index (χ2n) is 8.35. The second-order valence-corrected chi connectivity index (χ2v) is 8.35. The van der Waals surface area contributed by atoms with Gasteiger partial charge in [-0.05, 0) is 50.5 Å². The lowest BCUT2D eigenvalue weighted by molar-refractivity contribution is -0.137. The molecule has 0 N–H and O–H groups in total. The average molecular weight is 494 g/mol. The molecule has 11 heteroatoms. The molecule has 0 bridgehead atoms. The number of hydrogen-bond donors (Lipinski definition) is 0. The fourth-order valence-electron chi connectivity index (χ4n) is 3.92. The van der Waals surface area contributed by atoms with Crippen LogP contribution in [0, 0.1) is 6.57 Å². The Hall–Kier alpha value is -4.43. The van der Waals surface area contributed by atoms with Gasteiger partial charge in [0.05, 0.1) is 46.7 Å². The molecular formula is C25H21F3N6O2. The lowest BCUT2D eigenvalue weighted by Gasteiger charge is -2.22. The van der Waals surface area contributed by atoms with Crippen LogP contribution in [0.3, 0.4) is 0 Å². The van der Waals surface area contributed by atoms with E-state index in [-0.39, 0.29) is 23.5 Å². The molecule has 0 atom stereocenters. The number of halogens is 3. The van der Waals surface area contributed by atoms with E-state index in [1.807, 2.05) is 0 Å². The molecule has 2 heterocycles. The highest BCUT2D eigenvalue weighted by Crippen LogP contribution is 2.31. The number of aromatic nitrogens is 4. The van der Waals surface area contributed by atoms with Gasteiger partial charge in [0.25, 0.3) is 5.56 Å². The molecule has 0 saturated heterocycles. The standard InChI is InChI=1S/C25H21F3N6O2/c1-29-17-8-10-18(11-9-17)34-20(12-13-30-34)22-21(15-31(2)3)33(24(36)32(4)23(22)35)19-7-5-6-16(14-19)25(26,27)28/h5-14H,15H2,2-4H3. The Balaban J connectivity index is 2.06. The van der Waals surface area contributed by atoms with Crippen LogP contribution >= 0.6 is 0 Å². The smallest absolute Gasteiger partial charge is 0.304 e. The van der Waals surface area contributed by atoms with Crippen LogP contribution in [0.25, 0.3) is 27.5 Å². The van der Waals surface area contributed by atoms with Crippen LogP contribution in [-0.2, 0) is 19.8 Å². The summed E-state index contributed by atoms with van der Waals surface area (Å²) in [6.45, 7) is 7.22. The first-order chi connectivity index (χ1) is 17.0. The van der Waals surface area contributed by atoms with E-state index >= 15 is 0 Å². The van der Waals surface area contributed by atoms with Gasteiger partial charge in [-0.2, -0.15) is 18.3 Å². The molecule has 8 nitrogen and oxygen atoms in total. The average Bonchev–Trinajstić information content (AvgIpc) is 3.31. The third-order valence-electron chi connectivity index (χ3n) is 5.58. The summed E-state index contributed by atoms with van der Waals surface area (Å²) < 4.78 is 43.9. The van der Waals surface area contributed by atoms with E-state index in [9.17, 15) is 22.8 Å². The molecule has 0 aliphatic carbocycles. The maximum absolute atomic E-state index is 13.5. The lowest BCUT2D eigenvalue weighted by Crippen LogP contribution is -2.41. The van der Waals surface area contributed by atoms with E-state index in [4.69, 9.17) is 6.57 Å². The summed E-state index contributed by atoms with van der Waals surface area (Å²) in [5.74, 6) is 0. The van der Waals surface area contributed by atoms with E-state index in [1.54, 1.807) is 49.3 Å². The van der Waals surface area contributed by atoms with Crippen molar-refractivity contribution in [1.82, 2.24) is 23.8 Å². The Morgan fingerprint density at radius 2 is 1.72 bits per heavy atom. The number of nitrogens with zero attached hydrogens (tertiary/aromatic N) is 6. The minimum atomic E-state index is -4.61. The Morgan fingerprint density at radius 1 is 1.03 bits per heavy atom. The molecule has 36 heavy (non-hydrogen) atoms. The summed E-state index contributed by atoms with van der Waals surface area (Å²) in [7, 11) is 4.73. The highest BCUT2D eigenvalue weighted by Gasteiger charge is 2.31. The van der Waals surface area contributed by atoms with Crippen molar-refractivity contribution in [2.75, 3.05) is 14.1 Å². The van der Waals surface area contributed by atoms with E-state index in [2.05, 4.69) is 9.94 Å². The van der Waals surface area contributed by atoms with Crippen molar-refractivity contribution in [2.24, 2.45) is 7.05 Å². The minimum absolute atomic E-state index is 0.0176. The highest BCUT2D eigenvalue weighted by molar-refractivity contribution is 5.65. The van der Waals surface area contributed by atoms with E-state index in [0.29, 0.717) is 17.1 Å². The zero-order valence-electron chi connectivity index (χ0n) is 19.6.